The van der Waals surface area contributed by atoms with Gasteiger partial charge >= 0.3 is 5.97 Å². The van der Waals surface area contributed by atoms with Gasteiger partial charge in [0.2, 0.25) is 5.76 Å². The van der Waals surface area contributed by atoms with Gasteiger partial charge in [-0.15, -0.1) is 0 Å². The number of furan rings is 1. The van der Waals surface area contributed by atoms with E-state index in [1.165, 1.54) is 13.0 Å². The number of aromatic carboxylic acids is 1. The molecule has 1 rings (SSSR count). The molecule has 0 radical (unpaired) electrons. The highest BCUT2D eigenvalue weighted by Crippen LogP contribution is 2.14. The third-order valence-corrected chi connectivity index (χ3v) is 1.51. The summed E-state index contributed by atoms with van der Waals surface area (Å²) in [6.45, 7) is 2.92. The molecule has 4 heteroatoms. The van der Waals surface area contributed by atoms with E-state index in [4.69, 9.17) is 9.52 Å². The minimum Gasteiger partial charge on any atom is -0.475 e. The Morgan fingerprint density at radius 2 is 2.08 bits per heavy atom. The van der Waals surface area contributed by atoms with Gasteiger partial charge in [-0.05, 0) is 13.8 Å². The van der Waals surface area contributed by atoms with Crippen LogP contribution in [0.15, 0.2) is 10.5 Å². The van der Waals surface area contributed by atoms with Gasteiger partial charge in [0.1, 0.15) is 5.76 Å². The van der Waals surface area contributed by atoms with Crippen LogP contribution in [0, 0.1) is 6.92 Å². The first-order valence-electron chi connectivity index (χ1n) is 3.37. The first-order valence-corrected chi connectivity index (χ1v) is 3.37. The zero-order valence-corrected chi connectivity index (χ0v) is 6.75. The maximum absolute atomic E-state index is 10.8. The Morgan fingerprint density at radius 3 is 2.33 bits per heavy atom. The van der Waals surface area contributed by atoms with E-state index in [1.54, 1.807) is 6.92 Å². The van der Waals surface area contributed by atoms with Crippen LogP contribution in [-0.2, 0) is 0 Å². The summed E-state index contributed by atoms with van der Waals surface area (Å²) in [5.41, 5.74) is 0.326. The van der Waals surface area contributed by atoms with Crippen LogP contribution in [0.3, 0.4) is 0 Å². The number of hydrogen-bond donors (Lipinski definition) is 1. The van der Waals surface area contributed by atoms with Crippen LogP contribution in [-0.4, -0.2) is 16.9 Å². The van der Waals surface area contributed by atoms with Crippen molar-refractivity contribution < 1.29 is 19.1 Å². The van der Waals surface area contributed by atoms with Crippen molar-refractivity contribution in [3.05, 3.63) is 23.2 Å². The van der Waals surface area contributed by atoms with Gasteiger partial charge in [0.25, 0.3) is 0 Å². The monoisotopic (exact) mass is 168 g/mol. The number of rotatable bonds is 2. The zero-order chi connectivity index (χ0) is 9.30. The second kappa shape index (κ2) is 2.81. The number of carboxylic acid groups (broad SMARTS) is 1. The van der Waals surface area contributed by atoms with Crippen molar-refractivity contribution in [3.8, 4) is 0 Å². The van der Waals surface area contributed by atoms with E-state index in [9.17, 15) is 9.59 Å². The smallest absolute Gasteiger partial charge is 0.371 e. The number of ketones is 1. The third kappa shape index (κ3) is 1.37. The Balaban J connectivity index is 3.17. The van der Waals surface area contributed by atoms with E-state index < -0.39 is 5.97 Å². The first-order chi connectivity index (χ1) is 5.52. The maximum atomic E-state index is 10.8. The molecular weight excluding hydrogens is 160 g/mol. The van der Waals surface area contributed by atoms with E-state index in [1.807, 2.05) is 0 Å². The van der Waals surface area contributed by atoms with E-state index in [-0.39, 0.29) is 11.5 Å². The summed E-state index contributed by atoms with van der Waals surface area (Å²) in [5, 5.41) is 8.50. The molecule has 0 saturated heterocycles. The number of Topliss-reactive ketones (excluding diaryl/α,β-unsaturated/α-hetero) is 1. The summed E-state index contributed by atoms with van der Waals surface area (Å²) in [7, 11) is 0. The summed E-state index contributed by atoms with van der Waals surface area (Å²) >= 11 is 0. The minimum absolute atomic E-state index is 0.191. The normalized spacial score (nSPS) is 9.83. The van der Waals surface area contributed by atoms with Crippen LogP contribution in [0.4, 0.5) is 0 Å². The Morgan fingerprint density at radius 1 is 1.50 bits per heavy atom. The van der Waals surface area contributed by atoms with Crippen LogP contribution < -0.4 is 0 Å². The summed E-state index contributed by atoms with van der Waals surface area (Å²) in [5.74, 6) is -1.20. The summed E-state index contributed by atoms with van der Waals surface area (Å²) < 4.78 is 4.82. The number of hydrogen-bond acceptors (Lipinski definition) is 3. The van der Waals surface area contributed by atoms with Gasteiger partial charge in [-0.3, -0.25) is 4.79 Å². The molecular formula is C8H8O4. The Kier molecular flexibility index (Phi) is 1.99. The standard InChI is InChI=1S/C8H8O4/c1-4(9)6-3-7(8(10)11)12-5(6)2/h3H,1-2H3,(H,10,11). The number of carboxylic acids is 1. The molecule has 0 bridgehead atoms. The van der Waals surface area contributed by atoms with Crippen molar-refractivity contribution >= 4 is 11.8 Å². The van der Waals surface area contributed by atoms with Crippen molar-refractivity contribution in [2.45, 2.75) is 13.8 Å². The van der Waals surface area contributed by atoms with E-state index in [0.717, 1.165) is 0 Å². The van der Waals surface area contributed by atoms with Crippen LogP contribution in [0.2, 0.25) is 0 Å². The highest BCUT2D eigenvalue weighted by molar-refractivity contribution is 5.97. The molecule has 0 aliphatic rings. The Hall–Kier alpha value is -1.58. The highest BCUT2D eigenvalue weighted by atomic mass is 16.4. The zero-order valence-electron chi connectivity index (χ0n) is 6.75. The summed E-state index contributed by atoms with van der Waals surface area (Å²) in [4.78, 5) is 21.2. The van der Waals surface area contributed by atoms with E-state index in [0.29, 0.717) is 11.3 Å². The molecule has 0 aliphatic carbocycles. The molecule has 0 spiro atoms. The van der Waals surface area contributed by atoms with Crippen molar-refractivity contribution in [2.24, 2.45) is 0 Å². The lowest BCUT2D eigenvalue weighted by Crippen LogP contribution is -1.93. The van der Waals surface area contributed by atoms with Crippen LogP contribution in [0.25, 0.3) is 0 Å². The second-order valence-electron chi connectivity index (χ2n) is 2.44. The van der Waals surface area contributed by atoms with E-state index >= 15 is 0 Å². The molecule has 0 aromatic carbocycles. The van der Waals surface area contributed by atoms with Gasteiger partial charge in [-0.2, -0.15) is 0 Å². The predicted molar refractivity (Wildman–Crippen MR) is 40.4 cm³/mol. The number of carbonyl (C=O) groups is 2. The molecule has 1 aromatic heterocycles. The minimum atomic E-state index is -1.16. The Labute approximate surface area is 68.8 Å². The molecule has 12 heavy (non-hydrogen) atoms. The van der Waals surface area contributed by atoms with Gasteiger partial charge in [0.05, 0.1) is 5.56 Å². The topological polar surface area (TPSA) is 67.5 Å². The molecule has 0 unspecified atom stereocenters. The molecule has 0 saturated carbocycles. The van der Waals surface area contributed by atoms with Crippen molar-refractivity contribution in [3.63, 3.8) is 0 Å². The lowest BCUT2D eigenvalue weighted by atomic mass is 10.2. The van der Waals surface area contributed by atoms with Gasteiger partial charge in [0.15, 0.2) is 5.78 Å². The average Bonchev–Trinajstić information content (AvgIpc) is 2.30. The summed E-state index contributed by atoms with van der Waals surface area (Å²) in [6.07, 6.45) is 0. The molecule has 0 atom stereocenters. The quantitative estimate of drug-likeness (QED) is 0.679. The molecule has 1 N–H and O–H groups in total. The lowest BCUT2D eigenvalue weighted by molar-refractivity contribution is 0.0660. The highest BCUT2D eigenvalue weighted by Gasteiger charge is 2.15. The number of carbonyl (C=O) groups excluding carboxylic acids is 1. The Bertz CT molecular complexity index is 335. The fourth-order valence-corrected chi connectivity index (χ4v) is 0.937. The molecule has 0 fully saturated rings. The van der Waals surface area contributed by atoms with Gasteiger partial charge < -0.3 is 9.52 Å². The van der Waals surface area contributed by atoms with E-state index in [2.05, 4.69) is 0 Å². The number of aryl methyl sites for hydroxylation is 1. The SMILES string of the molecule is CC(=O)c1cc(C(=O)O)oc1C. The van der Waals surface area contributed by atoms with Crippen molar-refractivity contribution in [2.75, 3.05) is 0 Å². The van der Waals surface area contributed by atoms with Crippen molar-refractivity contribution in [1.82, 2.24) is 0 Å². The maximum Gasteiger partial charge on any atom is 0.371 e. The molecule has 4 nitrogen and oxygen atoms in total. The second-order valence-corrected chi connectivity index (χ2v) is 2.44. The lowest BCUT2D eigenvalue weighted by Gasteiger charge is -1.86. The van der Waals surface area contributed by atoms with Crippen LogP contribution >= 0.6 is 0 Å². The van der Waals surface area contributed by atoms with Crippen LogP contribution in [0.5, 0.6) is 0 Å². The molecule has 1 heterocycles. The third-order valence-electron chi connectivity index (χ3n) is 1.51. The van der Waals surface area contributed by atoms with Gasteiger partial charge in [-0.25, -0.2) is 4.79 Å². The predicted octanol–water partition coefficient (Wildman–Crippen LogP) is 1.49. The van der Waals surface area contributed by atoms with Crippen LogP contribution in [0.1, 0.15) is 33.6 Å². The largest absolute Gasteiger partial charge is 0.475 e. The molecule has 64 valence electrons. The molecule has 0 aliphatic heterocycles. The fraction of sp³-hybridized carbons (Fsp3) is 0.250. The average molecular weight is 168 g/mol. The molecule has 1 aromatic rings. The van der Waals surface area contributed by atoms with Crippen molar-refractivity contribution in [1.29, 1.82) is 0 Å². The molecule has 0 amide bonds. The van der Waals surface area contributed by atoms with Gasteiger partial charge in [-0.1, -0.05) is 0 Å². The van der Waals surface area contributed by atoms with Gasteiger partial charge in [0, 0.05) is 6.07 Å². The fourth-order valence-electron chi connectivity index (χ4n) is 0.937. The first kappa shape index (κ1) is 8.52. The summed E-state index contributed by atoms with van der Waals surface area (Å²) in [6, 6.07) is 1.24.